The summed E-state index contributed by atoms with van der Waals surface area (Å²) >= 11 is 7.22. The van der Waals surface area contributed by atoms with Gasteiger partial charge in [-0.15, -0.1) is 11.8 Å². The quantitative estimate of drug-likeness (QED) is 0.665. The second-order valence-electron chi connectivity index (χ2n) is 6.20. The van der Waals surface area contributed by atoms with Crippen LogP contribution in [-0.4, -0.2) is 23.2 Å². The second kappa shape index (κ2) is 9.07. The summed E-state index contributed by atoms with van der Waals surface area (Å²) in [4.78, 5) is 24.2. The standard InChI is InChI=1S/C20H22ClNO2S/c1-13(2)15-4-6-16(7-5-15)19(23)11-25-12-20(24)22-18-9-8-17(21)10-14(18)3/h4-10,13H,11-12H2,1-3H3,(H,22,24). The number of Topliss-reactive ketones (excluding diaryl/α,β-unsaturated/α-hetero) is 1. The van der Waals surface area contributed by atoms with Gasteiger partial charge in [-0.05, 0) is 42.2 Å². The first kappa shape index (κ1) is 19.5. The van der Waals surface area contributed by atoms with E-state index in [1.165, 1.54) is 17.3 Å². The fourth-order valence-corrected chi connectivity index (χ4v) is 3.27. The summed E-state index contributed by atoms with van der Waals surface area (Å²) < 4.78 is 0. The zero-order valence-electron chi connectivity index (χ0n) is 14.6. The van der Waals surface area contributed by atoms with Crippen LogP contribution < -0.4 is 5.32 Å². The molecule has 132 valence electrons. The van der Waals surface area contributed by atoms with Crippen molar-refractivity contribution >= 4 is 40.7 Å². The number of halogens is 1. The molecule has 0 saturated carbocycles. The van der Waals surface area contributed by atoms with Gasteiger partial charge in [0.25, 0.3) is 0 Å². The first-order chi connectivity index (χ1) is 11.9. The molecule has 0 aliphatic heterocycles. The third-order valence-corrected chi connectivity index (χ3v) is 5.00. The van der Waals surface area contributed by atoms with E-state index in [9.17, 15) is 9.59 Å². The van der Waals surface area contributed by atoms with Crippen molar-refractivity contribution in [2.75, 3.05) is 16.8 Å². The van der Waals surface area contributed by atoms with Crippen LogP contribution >= 0.6 is 23.4 Å². The number of carbonyl (C=O) groups excluding carboxylic acids is 2. The van der Waals surface area contributed by atoms with E-state index in [1.807, 2.05) is 31.2 Å². The largest absolute Gasteiger partial charge is 0.325 e. The maximum atomic E-state index is 12.2. The van der Waals surface area contributed by atoms with Gasteiger partial charge in [-0.1, -0.05) is 49.7 Å². The predicted octanol–water partition coefficient (Wildman–Crippen LogP) is 5.33. The van der Waals surface area contributed by atoms with Crippen LogP contribution in [0.3, 0.4) is 0 Å². The number of rotatable bonds is 7. The Labute approximate surface area is 158 Å². The normalized spacial score (nSPS) is 10.8. The molecule has 2 aromatic rings. The first-order valence-corrected chi connectivity index (χ1v) is 9.67. The number of ketones is 1. The van der Waals surface area contributed by atoms with E-state index in [0.29, 0.717) is 16.5 Å². The number of benzene rings is 2. The highest BCUT2D eigenvalue weighted by molar-refractivity contribution is 8.00. The van der Waals surface area contributed by atoms with Gasteiger partial charge in [-0.25, -0.2) is 0 Å². The summed E-state index contributed by atoms with van der Waals surface area (Å²) in [5.41, 5.74) is 3.55. The molecule has 0 heterocycles. The lowest BCUT2D eigenvalue weighted by molar-refractivity contribution is -0.113. The lowest BCUT2D eigenvalue weighted by Crippen LogP contribution is -2.16. The molecule has 1 amide bonds. The molecule has 0 aliphatic carbocycles. The van der Waals surface area contributed by atoms with Gasteiger partial charge in [0.05, 0.1) is 11.5 Å². The Morgan fingerprint density at radius 2 is 1.76 bits per heavy atom. The summed E-state index contributed by atoms with van der Waals surface area (Å²) in [5.74, 6) is 0.874. The summed E-state index contributed by atoms with van der Waals surface area (Å²) in [5, 5.41) is 3.48. The number of nitrogens with one attached hydrogen (secondary N) is 1. The molecule has 0 aliphatic rings. The number of aryl methyl sites for hydroxylation is 1. The van der Waals surface area contributed by atoms with E-state index >= 15 is 0 Å². The molecule has 0 spiro atoms. The van der Waals surface area contributed by atoms with Crippen molar-refractivity contribution < 1.29 is 9.59 Å². The van der Waals surface area contributed by atoms with Crippen molar-refractivity contribution in [3.63, 3.8) is 0 Å². The van der Waals surface area contributed by atoms with Crippen LogP contribution in [0.15, 0.2) is 42.5 Å². The van der Waals surface area contributed by atoms with Crippen LogP contribution in [0.4, 0.5) is 5.69 Å². The maximum absolute atomic E-state index is 12.2. The molecule has 25 heavy (non-hydrogen) atoms. The van der Waals surface area contributed by atoms with E-state index in [4.69, 9.17) is 11.6 Å². The number of anilines is 1. The van der Waals surface area contributed by atoms with Gasteiger partial charge in [0.15, 0.2) is 5.78 Å². The molecule has 0 aromatic heterocycles. The van der Waals surface area contributed by atoms with E-state index < -0.39 is 0 Å². The molecule has 5 heteroatoms. The van der Waals surface area contributed by atoms with E-state index in [0.717, 1.165) is 11.3 Å². The van der Waals surface area contributed by atoms with Crippen molar-refractivity contribution in [1.29, 1.82) is 0 Å². The van der Waals surface area contributed by atoms with Gasteiger partial charge in [0, 0.05) is 16.3 Å². The molecule has 2 aromatic carbocycles. The third-order valence-electron chi connectivity index (χ3n) is 3.83. The van der Waals surface area contributed by atoms with Crippen LogP contribution in [0.1, 0.15) is 41.3 Å². The molecule has 1 N–H and O–H groups in total. The number of thioether (sulfide) groups is 1. The molecule has 3 nitrogen and oxygen atoms in total. The monoisotopic (exact) mass is 375 g/mol. The van der Waals surface area contributed by atoms with Gasteiger partial charge in [-0.2, -0.15) is 0 Å². The van der Waals surface area contributed by atoms with E-state index in [-0.39, 0.29) is 23.2 Å². The minimum Gasteiger partial charge on any atom is -0.325 e. The minimum absolute atomic E-state index is 0.0378. The SMILES string of the molecule is Cc1cc(Cl)ccc1NC(=O)CSCC(=O)c1ccc(C(C)C)cc1. The molecule has 0 atom stereocenters. The Hall–Kier alpha value is -1.78. The Bertz CT molecular complexity index is 757. The van der Waals surface area contributed by atoms with Gasteiger partial charge >= 0.3 is 0 Å². The fraction of sp³-hybridized carbons (Fsp3) is 0.300. The molecule has 0 unspecified atom stereocenters. The molecule has 2 rings (SSSR count). The number of hydrogen-bond donors (Lipinski definition) is 1. The molecule has 0 saturated heterocycles. The molecule has 0 radical (unpaired) electrons. The number of amides is 1. The molecular weight excluding hydrogens is 354 g/mol. The molecule has 0 fully saturated rings. The zero-order chi connectivity index (χ0) is 18.4. The van der Waals surface area contributed by atoms with E-state index in [1.54, 1.807) is 18.2 Å². The Balaban J connectivity index is 1.81. The average Bonchev–Trinajstić information content (AvgIpc) is 2.57. The lowest BCUT2D eigenvalue weighted by Gasteiger charge is -2.09. The molecular formula is C20H22ClNO2S. The van der Waals surface area contributed by atoms with Crippen molar-refractivity contribution in [3.05, 3.63) is 64.2 Å². The van der Waals surface area contributed by atoms with Crippen LogP contribution in [0.5, 0.6) is 0 Å². The Morgan fingerprint density at radius 3 is 2.36 bits per heavy atom. The van der Waals surface area contributed by atoms with Crippen molar-refractivity contribution in [2.24, 2.45) is 0 Å². The topological polar surface area (TPSA) is 46.2 Å². The number of hydrogen-bond acceptors (Lipinski definition) is 3. The summed E-state index contributed by atoms with van der Waals surface area (Å²) in [6.07, 6.45) is 0. The summed E-state index contributed by atoms with van der Waals surface area (Å²) in [7, 11) is 0. The summed E-state index contributed by atoms with van der Waals surface area (Å²) in [6.45, 7) is 6.13. The van der Waals surface area contributed by atoms with Crippen LogP contribution in [0.2, 0.25) is 5.02 Å². The molecule has 0 bridgehead atoms. The van der Waals surface area contributed by atoms with Crippen molar-refractivity contribution in [2.45, 2.75) is 26.7 Å². The lowest BCUT2D eigenvalue weighted by atomic mass is 10.0. The summed E-state index contributed by atoms with van der Waals surface area (Å²) in [6, 6.07) is 13.0. The van der Waals surface area contributed by atoms with Crippen molar-refractivity contribution in [3.8, 4) is 0 Å². The maximum Gasteiger partial charge on any atom is 0.234 e. The Morgan fingerprint density at radius 1 is 1.08 bits per heavy atom. The highest BCUT2D eigenvalue weighted by Gasteiger charge is 2.10. The second-order valence-corrected chi connectivity index (χ2v) is 7.62. The van der Waals surface area contributed by atoms with Crippen LogP contribution in [0, 0.1) is 6.92 Å². The van der Waals surface area contributed by atoms with Crippen LogP contribution in [-0.2, 0) is 4.79 Å². The Kier molecular flexibility index (Phi) is 7.09. The number of carbonyl (C=O) groups is 2. The highest BCUT2D eigenvalue weighted by atomic mass is 35.5. The average molecular weight is 376 g/mol. The zero-order valence-corrected chi connectivity index (χ0v) is 16.2. The van der Waals surface area contributed by atoms with Gasteiger partial charge in [-0.3, -0.25) is 9.59 Å². The predicted molar refractivity (Wildman–Crippen MR) is 107 cm³/mol. The van der Waals surface area contributed by atoms with Crippen LogP contribution in [0.25, 0.3) is 0 Å². The van der Waals surface area contributed by atoms with E-state index in [2.05, 4.69) is 19.2 Å². The fourth-order valence-electron chi connectivity index (χ4n) is 2.33. The van der Waals surface area contributed by atoms with Crippen molar-refractivity contribution in [1.82, 2.24) is 0 Å². The first-order valence-electron chi connectivity index (χ1n) is 8.13. The third kappa shape index (κ3) is 5.91. The van der Waals surface area contributed by atoms with Gasteiger partial charge in [0.2, 0.25) is 5.91 Å². The van der Waals surface area contributed by atoms with Gasteiger partial charge in [0.1, 0.15) is 0 Å². The minimum atomic E-state index is -0.127. The highest BCUT2D eigenvalue weighted by Crippen LogP contribution is 2.20. The smallest absolute Gasteiger partial charge is 0.234 e. The van der Waals surface area contributed by atoms with Gasteiger partial charge < -0.3 is 5.32 Å².